The Morgan fingerprint density at radius 3 is 2.66 bits per heavy atom. The van der Waals surface area contributed by atoms with Gasteiger partial charge in [0.15, 0.2) is 5.65 Å². The third kappa shape index (κ3) is 3.38. The van der Waals surface area contributed by atoms with Crippen molar-refractivity contribution in [1.82, 2.24) is 14.2 Å². The molecule has 0 aliphatic heterocycles. The van der Waals surface area contributed by atoms with Crippen LogP contribution in [0.25, 0.3) is 11.3 Å². The third-order valence-corrected chi connectivity index (χ3v) is 5.06. The van der Waals surface area contributed by atoms with Gasteiger partial charge in [-0.25, -0.2) is 23.0 Å². The summed E-state index contributed by atoms with van der Waals surface area (Å²) in [4.78, 5) is 17.4. The fourth-order valence-electron chi connectivity index (χ4n) is 3.23. The van der Waals surface area contributed by atoms with Crippen molar-refractivity contribution in [3.05, 3.63) is 92.4 Å². The minimum absolute atomic E-state index is 0.128. The lowest BCUT2D eigenvalue weighted by molar-refractivity contribution is 0.574. The summed E-state index contributed by atoms with van der Waals surface area (Å²) < 4.78 is 30.0. The van der Waals surface area contributed by atoms with Gasteiger partial charge in [-0.05, 0) is 37.6 Å². The summed E-state index contributed by atoms with van der Waals surface area (Å²) in [5.41, 5.74) is 2.45. The van der Waals surface area contributed by atoms with Crippen LogP contribution in [0.1, 0.15) is 16.7 Å². The van der Waals surface area contributed by atoms with E-state index in [2.05, 4.69) is 10.3 Å². The Morgan fingerprint density at radius 2 is 1.93 bits per heavy atom. The molecule has 2 aromatic carbocycles. The lowest BCUT2D eigenvalue weighted by Crippen LogP contribution is -2.19. The molecule has 0 radical (unpaired) electrons. The van der Waals surface area contributed by atoms with E-state index in [-0.39, 0.29) is 12.1 Å². The second-order valence-electron chi connectivity index (χ2n) is 6.72. The average Bonchev–Trinajstić information content (AvgIpc) is 2.92. The Kier molecular flexibility index (Phi) is 4.84. The molecule has 0 atom stereocenters. The Balaban J connectivity index is 1.74. The van der Waals surface area contributed by atoms with E-state index < -0.39 is 11.6 Å². The van der Waals surface area contributed by atoms with Gasteiger partial charge in [-0.15, -0.1) is 0 Å². The zero-order chi connectivity index (χ0) is 20.7. The monoisotopic (exact) mass is 414 g/mol. The van der Waals surface area contributed by atoms with Crippen LogP contribution in [0, 0.1) is 25.5 Å². The first kappa shape index (κ1) is 19.1. The Bertz CT molecular complexity index is 1280. The molecule has 2 aromatic heterocycles. The highest BCUT2D eigenvalue weighted by atomic mass is 35.5. The number of benzene rings is 2. The van der Waals surface area contributed by atoms with E-state index in [1.165, 1.54) is 16.8 Å². The van der Waals surface area contributed by atoms with Crippen LogP contribution in [-0.2, 0) is 6.54 Å². The summed E-state index contributed by atoms with van der Waals surface area (Å²) in [6.07, 6.45) is 1.70. The number of halogens is 3. The highest BCUT2D eigenvalue weighted by Gasteiger charge is 2.17. The number of hydrogen-bond acceptors (Lipinski definition) is 3. The molecule has 4 aromatic rings. The molecular weight excluding hydrogens is 398 g/mol. The maximum Gasteiger partial charge on any atom is 0.276 e. The summed E-state index contributed by atoms with van der Waals surface area (Å²) >= 11 is 6.35. The van der Waals surface area contributed by atoms with Crippen LogP contribution in [0.2, 0.25) is 5.02 Å². The number of hydrogen-bond donors (Lipinski definition) is 1. The molecule has 0 bridgehead atoms. The number of para-hydroxylation sites is 1. The van der Waals surface area contributed by atoms with Gasteiger partial charge < -0.3 is 5.32 Å². The van der Waals surface area contributed by atoms with Crippen molar-refractivity contribution in [3.8, 4) is 5.69 Å². The van der Waals surface area contributed by atoms with Gasteiger partial charge in [0.25, 0.3) is 5.56 Å². The Hall–Kier alpha value is -3.19. The van der Waals surface area contributed by atoms with Gasteiger partial charge in [0, 0.05) is 24.4 Å². The van der Waals surface area contributed by atoms with Crippen LogP contribution in [0.4, 0.5) is 14.6 Å². The molecule has 0 spiro atoms. The fraction of sp³-hybridized carbons (Fsp3) is 0.143. The second kappa shape index (κ2) is 7.33. The number of nitrogens with one attached hydrogen (secondary N) is 1. The van der Waals surface area contributed by atoms with Crippen LogP contribution in [-0.4, -0.2) is 14.2 Å². The number of aromatic nitrogens is 3. The molecule has 1 N–H and O–H groups in total. The topological polar surface area (TPSA) is 51.3 Å². The SMILES string of the molecule is Cc1cccc(Cl)c1-n1c(=O)c(C)c2nc(NCc3ccc(F)cc3F)ccn21. The van der Waals surface area contributed by atoms with Gasteiger partial charge in [-0.2, -0.15) is 0 Å². The molecule has 2 heterocycles. The maximum atomic E-state index is 13.8. The number of aryl methyl sites for hydroxylation is 2. The van der Waals surface area contributed by atoms with Crippen LogP contribution in [0.15, 0.2) is 53.5 Å². The first-order valence-corrected chi connectivity index (χ1v) is 9.29. The molecule has 8 heteroatoms. The van der Waals surface area contributed by atoms with Gasteiger partial charge in [-0.3, -0.25) is 4.79 Å². The smallest absolute Gasteiger partial charge is 0.276 e. The van der Waals surface area contributed by atoms with Crippen LogP contribution in [0.3, 0.4) is 0 Å². The molecule has 29 heavy (non-hydrogen) atoms. The van der Waals surface area contributed by atoms with Crippen molar-refractivity contribution in [1.29, 1.82) is 0 Å². The molecule has 4 rings (SSSR count). The van der Waals surface area contributed by atoms with Crippen LogP contribution in [0.5, 0.6) is 0 Å². The van der Waals surface area contributed by atoms with Gasteiger partial charge in [0.05, 0.1) is 16.3 Å². The van der Waals surface area contributed by atoms with Crippen molar-refractivity contribution in [2.75, 3.05) is 5.32 Å². The summed E-state index contributed by atoms with van der Waals surface area (Å²) in [6, 6.07) is 10.5. The predicted octanol–water partition coefficient (Wildman–Crippen LogP) is 4.65. The second-order valence-corrected chi connectivity index (χ2v) is 7.12. The normalized spacial score (nSPS) is 11.2. The predicted molar refractivity (Wildman–Crippen MR) is 109 cm³/mol. The Morgan fingerprint density at radius 1 is 1.14 bits per heavy atom. The summed E-state index contributed by atoms with van der Waals surface area (Å²) in [5.74, 6) is -0.798. The minimum Gasteiger partial charge on any atom is -0.366 e. The van der Waals surface area contributed by atoms with Crippen LogP contribution >= 0.6 is 11.6 Å². The first-order chi connectivity index (χ1) is 13.9. The van der Waals surface area contributed by atoms with E-state index in [1.807, 2.05) is 19.1 Å². The van der Waals surface area contributed by atoms with Crippen molar-refractivity contribution < 1.29 is 8.78 Å². The van der Waals surface area contributed by atoms with Crippen molar-refractivity contribution in [2.24, 2.45) is 0 Å². The molecule has 0 aliphatic carbocycles. The summed E-state index contributed by atoms with van der Waals surface area (Å²) in [5, 5.41) is 3.47. The first-order valence-electron chi connectivity index (χ1n) is 8.91. The third-order valence-electron chi connectivity index (χ3n) is 4.76. The minimum atomic E-state index is -0.633. The zero-order valence-electron chi connectivity index (χ0n) is 15.7. The Labute approximate surface area is 170 Å². The van der Waals surface area contributed by atoms with Crippen molar-refractivity contribution in [3.63, 3.8) is 0 Å². The van der Waals surface area contributed by atoms with E-state index >= 15 is 0 Å². The number of rotatable bonds is 4. The lowest BCUT2D eigenvalue weighted by atomic mass is 10.2. The van der Waals surface area contributed by atoms with Crippen molar-refractivity contribution in [2.45, 2.75) is 20.4 Å². The van der Waals surface area contributed by atoms with Crippen LogP contribution < -0.4 is 10.9 Å². The lowest BCUT2D eigenvalue weighted by Gasteiger charge is -2.12. The molecular formula is C21H17ClF2N4O. The van der Waals surface area contributed by atoms with Gasteiger partial charge in [0.2, 0.25) is 0 Å². The van der Waals surface area contributed by atoms with E-state index in [0.717, 1.165) is 11.6 Å². The quantitative estimate of drug-likeness (QED) is 0.529. The molecule has 0 amide bonds. The number of nitrogens with zero attached hydrogens (tertiary/aromatic N) is 3. The highest BCUT2D eigenvalue weighted by Crippen LogP contribution is 2.24. The summed E-state index contributed by atoms with van der Waals surface area (Å²) in [7, 11) is 0. The molecule has 0 aliphatic rings. The largest absolute Gasteiger partial charge is 0.366 e. The molecule has 5 nitrogen and oxygen atoms in total. The van der Waals surface area contributed by atoms with Gasteiger partial charge >= 0.3 is 0 Å². The van der Waals surface area contributed by atoms with E-state index in [0.29, 0.717) is 33.3 Å². The standard InChI is InChI=1S/C21H17ClF2N4O/c1-12-4-3-5-16(22)19(12)28-21(29)13(2)20-26-18(8-9-27(20)28)25-11-14-6-7-15(23)10-17(14)24/h3-10H,11H2,1-2H3,(H,25,26). The number of fused-ring (bicyclic) bond motifs is 1. The molecule has 0 unspecified atom stereocenters. The molecule has 0 saturated carbocycles. The molecule has 0 fully saturated rings. The number of anilines is 1. The van der Waals surface area contributed by atoms with Crippen molar-refractivity contribution >= 4 is 23.1 Å². The molecule has 148 valence electrons. The van der Waals surface area contributed by atoms with E-state index in [4.69, 9.17) is 11.6 Å². The average molecular weight is 415 g/mol. The summed E-state index contributed by atoms with van der Waals surface area (Å²) in [6.45, 7) is 3.70. The highest BCUT2D eigenvalue weighted by molar-refractivity contribution is 6.32. The van der Waals surface area contributed by atoms with E-state index in [9.17, 15) is 13.6 Å². The fourth-order valence-corrected chi connectivity index (χ4v) is 3.54. The van der Waals surface area contributed by atoms with Gasteiger partial charge in [0.1, 0.15) is 17.5 Å². The van der Waals surface area contributed by atoms with Gasteiger partial charge in [-0.1, -0.05) is 29.8 Å². The molecule has 0 saturated heterocycles. The van der Waals surface area contributed by atoms with E-state index in [1.54, 1.807) is 29.8 Å². The maximum absolute atomic E-state index is 13.8. The zero-order valence-corrected chi connectivity index (χ0v) is 16.5.